The summed E-state index contributed by atoms with van der Waals surface area (Å²) >= 11 is 0. The topological polar surface area (TPSA) is 76.3 Å². The van der Waals surface area contributed by atoms with Gasteiger partial charge in [0.05, 0.1) is 12.8 Å². The lowest BCUT2D eigenvalue weighted by atomic mass is 10.0. The molecule has 1 fully saturated rings. The van der Waals surface area contributed by atoms with E-state index in [4.69, 9.17) is 4.42 Å². The van der Waals surface area contributed by atoms with Gasteiger partial charge in [-0.25, -0.2) is 4.99 Å². The lowest BCUT2D eigenvalue weighted by Gasteiger charge is -2.34. The molecule has 2 aromatic rings. The zero-order valence-corrected chi connectivity index (χ0v) is 20.9. The fourth-order valence-corrected chi connectivity index (χ4v) is 3.58. The number of furan rings is 1. The third kappa shape index (κ3) is 8.44. The molecule has 1 atom stereocenters. The van der Waals surface area contributed by atoms with Crippen LogP contribution in [0, 0.1) is 0 Å². The van der Waals surface area contributed by atoms with Crippen LogP contribution in [-0.2, 0) is 12.1 Å². The van der Waals surface area contributed by atoms with Crippen molar-refractivity contribution in [1.82, 2.24) is 20.4 Å². The van der Waals surface area contributed by atoms with Crippen LogP contribution in [0.1, 0.15) is 25.2 Å². The molecule has 1 unspecified atom stereocenters. The number of halogens is 1. The summed E-state index contributed by atoms with van der Waals surface area (Å²) in [5, 5.41) is 17.2. The standard InChI is InChI=1S/C23H35N5O2.HI/c1-3-24-22(26-19-23(2,29)21-10-7-17-30-21)25-11-12-27-13-15-28(16-14-27)18-20-8-5-4-6-9-20;/h4-10,17,29H,3,11-16,18-19H2,1-2H3,(H2,24,25,26);1H. The number of nitrogens with one attached hydrogen (secondary N) is 2. The molecule has 1 saturated heterocycles. The van der Waals surface area contributed by atoms with Gasteiger partial charge in [-0.3, -0.25) is 9.80 Å². The van der Waals surface area contributed by atoms with Crippen molar-refractivity contribution >= 4 is 29.9 Å². The number of rotatable bonds is 9. The molecular weight excluding hydrogens is 505 g/mol. The zero-order valence-electron chi connectivity index (χ0n) is 18.6. The third-order valence-electron chi connectivity index (χ3n) is 5.38. The molecule has 7 nitrogen and oxygen atoms in total. The number of hydrogen-bond donors (Lipinski definition) is 3. The summed E-state index contributed by atoms with van der Waals surface area (Å²) in [6.07, 6.45) is 1.57. The Balaban J connectivity index is 0.00000341. The average molecular weight is 541 g/mol. The first-order valence-electron chi connectivity index (χ1n) is 10.8. The summed E-state index contributed by atoms with van der Waals surface area (Å²) in [6.45, 7) is 11.9. The van der Waals surface area contributed by atoms with Gasteiger partial charge in [0.15, 0.2) is 5.96 Å². The molecule has 1 aliphatic rings. The van der Waals surface area contributed by atoms with Crippen molar-refractivity contribution in [1.29, 1.82) is 0 Å². The first-order valence-corrected chi connectivity index (χ1v) is 10.8. The Morgan fingerprint density at radius 1 is 1.06 bits per heavy atom. The van der Waals surface area contributed by atoms with Gasteiger partial charge in [-0.1, -0.05) is 30.3 Å². The van der Waals surface area contributed by atoms with Crippen molar-refractivity contribution in [3.05, 3.63) is 60.1 Å². The SMILES string of the molecule is CCNC(=NCC(C)(O)c1ccco1)NCCN1CCN(Cc2ccccc2)CC1.I. The number of guanidine groups is 1. The van der Waals surface area contributed by atoms with Gasteiger partial charge in [0.25, 0.3) is 0 Å². The van der Waals surface area contributed by atoms with Gasteiger partial charge in [-0.15, -0.1) is 24.0 Å². The van der Waals surface area contributed by atoms with Crippen LogP contribution in [-0.4, -0.2) is 73.2 Å². The summed E-state index contributed by atoms with van der Waals surface area (Å²) in [5.41, 5.74) is 0.255. The normalized spacial score (nSPS) is 17.6. The van der Waals surface area contributed by atoms with E-state index < -0.39 is 5.60 Å². The van der Waals surface area contributed by atoms with Crippen molar-refractivity contribution in [2.24, 2.45) is 4.99 Å². The lowest BCUT2D eigenvalue weighted by Crippen LogP contribution is -2.49. The number of hydrogen-bond acceptors (Lipinski definition) is 5. The van der Waals surface area contributed by atoms with Crippen molar-refractivity contribution in [3.63, 3.8) is 0 Å². The maximum atomic E-state index is 10.6. The molecule has 0 radical (unpaired) electrons. The Kier molecular flexibility index (Phi) is 10.8. The Morgan fingerprint density at radius 2 is 1.77 bits per heavy atom. The van der Waals surface area contributed by atoms with E-state index in [-0.39, 0.29) is 30.5 Å². The molecule has 0 saturated carbocycles. The predicted molar refractivity (Wildman–Crippen MR) is 136 cm³/mol. The van der Waals surface area contributed by atoms with Gasteiger partial charge in [0.1, 0.15) is 11.4 Å². The van der Waals surface area contributed by atoms with Crippen molar-refractivity contribution in [2.75, 3.05) is 52.4 Å². The second kappa shape index (κ2) is 13.0. The highest BCUT2D eigenvalue weighted by Crippen LogP contribution is 2.21. The number of nitrogens with zero attached hydrogens (tertiary/aromatic N) is 3. The number of piperazine rings is 1. The average Bonchev–Trinajstić information content (AvgIpc) is 3.30. The Labute approximate surface area is 202 Å². The Morgan fingerprint density at radius 3 is 2.42 bits per heavy atom. The van der Waals surface area contributed by atoms with Gasteiger partial charge < -0.3 is 20.2 Å². The van der Waals surface area contributed by atoms with E-state index in [1.54, 1.807) is 25.3 Å². The van der Waals surface area contributed by atoms with Crippen molar-refractivity contribution in [2.45, 2.75) is 26.0 Å². The summed E-state index contributed by atoms with van der Waals surface area (Å²) in [6, 6.07) is 14.2. The molecular formula is C23H36IN5O2. The second-order valence-electron chi connectivity index (χ2n) is 7.98. The number of aliphatic hydroxyl groups is 1. The van der Waals surface area contributed by atoms with Gasteiger partial charge in [-0.05, 0) is 31.5 Å². The highest BCUT2D eigenvalue weighted by Gasteiger charge is 2.26. The Hall–Kier alpha value is -1.62. The maximum Gasteiger partial charge on any atom is 0.191 e. The van der Waals surface area contributed by atoms with Gasteiger partial charge in [0.2, 0.25) is 0 Å². The van der Waals surface area contributed by atoms with Crippen molar-refractivity contribution in [3.8, 4) is 0 Å². The highest BCUT2D eigenvalue weighted by atomic mass is 127. The largest absolute Gasteiger partial charge is 0.466 e. The van der Waals surface area contributed by atoms with E-state index in [2.05, 4.69) is 55.8 Å². The van der Waals surface area contributed by atoms with Crippen LogP contribution in [0.25, 0.3) is 0 Å². The van der Waals surface area contributed by atoms with Crippen LogP contribution < -0.4 is 10.6 Å². The molecule has 0 bridgehead atoms. The molecule has 172 valence electrons. The van der Waals surface area contributed by atoms with E-state index in [1.165, 1.54) is 5.56 Å². The van der Waals surface area contributed by atoms with E-state index in [9.17, 15) is 5.11 Å². The van der Waals surface area contributed by atoms with E-state index in [0.29, 0.717) is 11.7 Å². The minimum Gasteiger partial charge on any atom is -0.466 e. The minimum absolute atomic E-state index is 0. The van der Waals surface area contributed by atoms with Crippen LogP contribution in [0.2, 0.25) is 0 Å². The molecule has 3 rings (SSSR count). The monoisotopic (exact) mass is 541 g/mol. The first-order chi connectivity index (χ1) is 14.6. The highest BCUT2D eigenvalue weighted by molar-refractivity contribution is 14.0. The number of aliphatic imine (C=N–C) groups is 1. The zero-order chi connectivity index (χ0) is 21.2. The quantitative estimate of drug-likeness (QED) is 0.258. The molecule has 1 aromatic carbocycles. The molecule has 0 aliphatic carbocycles. The van der Waals surface area contributed by atoms with Crippen LogP contribution in [0.5, 0.6) is 0 Å². The summed E-state index contributed by atoms with van der Waals surface area (Å²) in [5.74, 6) is 1.24. The molecule has 1 aliphatic heterocycles. The summed E-state index contributed by atoms with van der Waals surface area (Å²) < 4.78 is 5.33. The predicted octanol–water partition coefficient (Wildman–Crippen LogP) is 2.48. The maximum absolute atomic E-state index is 10.6. The smallest absolute Gasteiger partial charge is 0.191 e. The van der Waals surface area contributed by atoms with E-state index in [1.807, 2.05) is 6.92 Å². The third-order valence-corrected chi connectivity index (χ3v) is 5.38. The van der Waals surface area contributed by atoms with Crippen LogP contribution in [0.3, 0.4) is 0 Å². The molecule has 8 heteroatoms. The molecule has 0 amide bonds. The summed E-state index contributed by atoms with van der Waals surface area (Å²) in [7, 11) is 0. The van der Waals surface area contributed by atoms with Gasteiger partial charge in [0, 0.05) is 52.4 Å². The molecule has 1 aromatic heterocycles. The van der Waals surface area contributed by atoms with Crippen LogP contribution in [0.4, 0.5) is 0 Å². The molecule has 0 spiro atoms. The second-order valence-corrected chi connectivity index (χ2v) is 7.98. The van der Waals surface area contributed by atoms with Crippen LogP contribution >= 0.6 is 24.0 Å². The minimum atomic E-state index is -1.12. The van der Waals surface area contributed by atoms with Crippen LogP contribution in [0.15, 0.2) is 58.1 Å². The summed E-state index contributed by atoms with van der Waals surface area (Å²) in [4.78, 5) is 9.54. The molecule has 31 heavy (non-hydrogen) atoms. The van der Waals surface area contributed by atoms with Gasteiger partial charge >= 0.3 is 0 Å². The van der Waals surface area contributed by atoms with E-state index in [0.717, 1.165) is 52.4 Å². The fraction of sp³-hybridized carbons (Fsp3) is 0.522. The Bertz CT molecular complexity index is 760. The number of benzene rings is 1. The van der Waals surface area contributed by atoms with Crippen molar-refractivity contribution < 1.29 is 9.52 Å². The fourth-order valence-electron chi connectivity index (χ4n) is 3.58. The first kappa shape index (κ1) is 25.6. The van der Waals surface area contributed by atoms with E-state index >= 15 is 0 Å². The molecule has 2 heterocycles. The lowest BCUT2D eigenvalue weighted by molar-refractivity contribution is 0.0437. The van der Waals surface area contributed by atoms with Gasteiger partial charge in [-0.2, -0.15) is 0 Å². The molecule has 3 N–H and O–H groups in total.